The van der Waals surface area contributed by atoms with Crippen molar-refractivity contribution in [3.8, 4) is 0 Å². The molecular formula is C13H23N3. The van der Waals surface area contributed by atoms with E-state index >= 15 is 0 Å². The van der Waals surface area contributed by atoms with Gasteiger partial charge in [-0.05, 0) is 33.0 Å². The minimum Gasteiger partial charge on any atom is -0.371 e. The van der Waals surface area contributed by atoms with E-state index in [0.29, 0.717) is 0 Å². The van der Waals surface area contributed by atoms with E-state index in [-0.39, 0.29) is 0 Å². The normalized spacial score (nSPS) is 23.2. The zero-order valence-electron chi connectivity index (χ0n) is 10.7. The molecule has 2 heterocycles. The first kappa shape index (κ1) is 11.5. The maximum atomic E-state index is 2.51. The minimum atomic E-state index is 1.07. The van der Waals surface area contributed by atoms with Crippen molar-refractivity contribution in [3.63, 3.8) is 0 Å². The molecule has 0 bridgehead atoms. The van der Waals surface area contributed by atoms with Crippen molar-refractivity contribution in [2.24, 2.45) is 0 Å². The average molecular weight is 221 g/mol. The van der Waals surface area contributed by atoms with Crippen molar-refractivity contribution in [1.82, 2.24) is 14.7 Å². The number of piperazine rings is 1. The molecular weight excluding hydrogens is 198 g/mol. The highest BCUT2D eigenvalue weighted by Crippen LogP contribution is 2.18. The van der Waals surface area contributed by atoms with Gasteiger partial charge in [0.2, 0.25) is 0 Å². The Kier molecular flexibility index (Phi) is 3.54. The Bertz CT molecular complexity index is 298. The van der Waals surface area contributed by atoms with E-state index in [1.807, 2.05) is 0 Å². The minimum absolute atomic E-state index is 1.07. The van der Waals surface area contributed by atoms with Gasteiger partial charge in [0.05, 0.1) is 0 Å². The molecule has 0 saturated carbocycles. The fraction of sp³-hybridized carbons (Fsp3) is 0.692. The van der Waals surface area contributed by atoms with E-state index in [1.54, 1.807) is 0 Å². The van der Waals surface area contributed by atoms with Crippen LogP contribution in [0.5, 0.6) is 0 Å². The molecule has 3 heteroatoms. The Labute approximate surface area is 99.0 Å². The molecule has 3 nitrogen and oxygen atoms in total. The van der Waals surface area contributed by atoms with Crippen LogP contribution in [0.3, 0.4) is 0 Å². The molecule has 0 unspecified atom stereocenters. The van der Waals surface area contributed by atoms with Crippen molar-refractivity contribution in [2.75, 3.05) is 46.3 Å². The van der Waals surface area contributed by atoms with Gasteiger partial charge in [-0.25, -0.2) is 0 Å². The Balaban J connectivity index is 1.99. The van der Waals surface area contributed by atoms with E-state index in [0.717, 1.165) is 26.2 Å². The molecule has 2 aliphatic rings. The van der Waals surface area contributed by atoms with Crippen molar-refractivity contribution in [3.05, 3.63) is 23.5 Å². The lowest BCUT2D eigenvalue weighted by molar-refractivity contribution is 0.187. The highest BCUT2D eigenvalue weighted by molar-refractivity contribution is 5.26. The third-order valence-electron chi connectivity index (χ3n) is 3.63. The molecule has 0 aromatic carbocycles. The second-order valence-electron chi connectivity index (χ2n) is 4.74. The van der Waals surface area contributed by atoms with Crippen LogP contribution >= 0.6 is 0 Å². The molecule has 0 aliphatic carbocycles. The van der Waals surface area contributed by atoms with Crippen LogP contribution in [0.25, 0.3) is 0 Å². The summed E-state index contributed by atoms with van der Waals surface area (Å²) in [6, 6.07) is 0. The van der Waals surface area contributed by atoms with Crippen molar-refractivity contribution < 1.29 is 0 Å². The average Bonchev–Trinajstić information content (AvgIpc) is 2.30. The first-order valence-corrected chi connectivity index (χ1v) is 6.27. The third kappa shape index (κ3) is 2.40. The van der Waals surface area contributed by atoms with E-state index in [9.17, 15) is 0 Å². The monoisotopic (exact) mass is 221 g/mol. The van der Waals surface area contributed by atoms with E-state index < -0.39 is 0 Å². The maximum absolute atomic E-state index is 2.51. The van der Waals surface area contributed by atoms with Crippen molar-refractivity contribution in [1.29, 1.82) is 0 Å². The largest absolute Gasteiger partial charge is 0.371 e. The number of rotatable bonds is 2. The summed E-state index contributed by atoms with van der Waals surface area (Å²) in [5.74, 6) is 0. The lowest BCUT2D eigenvalue weighted by Crippen LogP contribution is -2.44. The fourth-order valence-corrected chi connectivity index (χ4v) is 2.38. The Morgan fingerprint density at radius 1 is 1.19 bits per heavy atom. The van der Waals surface area contributed by atoms with Gasteiger partial charge in [0.15, 0.2) is 0 Å². The van der Waals surface area contributed by atoms with Crippen LogP contribution in [0.1, 0.15) is 13.8 Å². The standard InChI is InChI=1S/C13H23N3/c1-4-15-6-5-13(11-12(15)2)16-9-7-14(3)8-10-16/h5,11H,4,6-10H2,1-3H3. The summed E-state index contributed by atoms with van der Waals surface area (Å²) >= 11 is 0. The first-order chi connectivity index (χ1) is 7.70. The van der Waals surface area contributed by atoms with Crippen LogP contribution in [-0.4, -0.2) is 61.0 Å². The van der Waals surface area contributed by atoms with Gasteiger partial charge < -0.3 is 14.7 Å². The van der Waals surface area contributed by atoms with Gasteiger partial charge in [-0.1, -0.05) is 0 Å². The number of hydrogen-bond acceptors (Lipinski definition) is 3. The Morgan fingerprint density at radius 2 is 1.88 bits per heavy atom. The molecule has 2 rings (SSSR count). The SMILES string of the molecule is CCN1CC=C(N2CCN(C)CC2)C=C1C. The summed E-state index contributed by atoms with van der Waals surface area (Å²) < 4.78 is 0. The van der Waals surface area contributed by atoms with E-state index in [2.05, 4.69) is 47.7 Å². The highest BCUT2D eigenvalue weighted by Gasteiger charge is 2.17. The number of allylic oxidation sites excluding steroid dienone is 2. The molecule has 0 aromatic heterocycles. The summed E-state index contributed by atoms with van der Waals surface area (Å²) in [5.41, 5.74) is 2.83. The zero-order chi connectivity index (χ0) is 11.5. The Hall–Kier alpha value is -0.960. The highest BCUT2D eigenvalue weighted by atomic mass is 15.3. The quantitative estimate of drug-likeness (QED) is 0.697. The molecule has 0 atom stereocenters. The molecule has 1 saturated heterocycles. The van der Waals surface area contributed by atoms with Gasteiger partial charge in [0, 0.05) is 50.7 Å². The molecule has 16 heavy (non-hydrogen) atoms. The molecule has 0 aromatic rings. The smallest absolute Gasteiger partial charge is 0.0379 e. The molecule has 0 spiro atoms. The van der Waals surface area contributed by atoms with Crippen molar-refractivity contribution >= 4 is 0 Å². The van der Waals surface area contributed by atoms with Crippen molar-refractivity contribution in [2.45, 2.75) is 13.8 Å². The maximum Gasteiger partial charge on any atom is 0.0379 e. The van der Waals surface area contributed by atoms with Crippen LogP contribution in [-0.2, 0) is 0 Å². The van der Waals surface area contributed by atoms with E-state index in [1.165, 1.54) is 24.5 Å². The summed E-state index contributed by atoms with van der Waals surface area (Å²) in [6.07, 6.45) is 4.69. The fourth-order valence-electron chi connectivity index (χ4n) is 2.38. The zero-order valence-corrected chi connectivity index (χ0v) is 10.7. The molecule has 1 fully saturated rings. The lowest BCUT2D eigenvalue weighted by Gasteiger charge is -2.37. The van der Waals surface area contributed by atoms with Crippen LogP contribution in [0, 0.1) is 0 Å². The van der Waals surface area contributed by atoms with Gasteiger partial charge in [-0.15, -0.1) is 0 Å². The first-order valence-electron chi connectivity index (χ1n) is 6.27. The predicted octanol–water partition coefficient (Wildman–Crippen LogP) is 1.36. The van der Waals surface area contributed by atoms with Crippen LogP contribution in [0.15, 0.2) is 23.5 Å². The number of likely N-dealkylation sites (N-methyl/N-ethyl adjacent to an activating group) is 2. The molecule has 2 aliphatic heterocycles. The molecule has 0 amide bonds. The Morgan fingerprint density at radius 3 is 2.44 bits per heavy atom. The summed E-state index contributed by atoms with van der Waals surface area (Å²) in [5, 5.41) is 0. The van der Waals surface area contributed by atoms with Gasteiger partial charge >= 0.3 is 0 Å². The van der Waals surface area contributed by atoms with Crippen LogP contribution in [0.2, 0.25) is 0 Å². The van der Waals surface area contributed by atoms with Gasteiger partial charge in [0.1, 0.15) is 0 Å². The lowest BCUT2D eigenvalue weighted by atomic mass is 10.2. The summed E-state index contributed by atoms with van der Waals surface area (Å²) in [6.45, 7) is 11.3. The molecule has 90 valence electrons. The second kappa shape index (κ2) is 4.91. The van der Waals surface area contributed by atoms with Crippen LogP contribution < -0.4 is 0 Å². The van der Waals surface area contributed by atoms with Gasteiger partial charge in [-0.2, -0.15) is 0 Å². The molecule has 0 N–H and O–H groups in total. The third-order valence-corrected chi connectivity index (χ3v) is 3.63. The molecule has 0 radical (unpaired) electrons. The van der Waals surface area contributed by atoms with Crippen LogP contribution in [0.4, 0.5) is 0 Å². The second-order valence-corrected chi connectivity index (χ2v) is 4.74. The summed E-state index contributed by atoms with van der Waals surface area (Å²) in [4.78, 5) is 7.31. The topological polar surface area (TPSA) is 9.72 Å². The number of nitrogens with zero attached hydrogens (tertiary/aromatic N) is 3. The van der Waals surface area contributed by atoms with Gasteiger partial charge in [0.25, 0.3) is 0 Å². The van der Waals surface area contributed by atoms with Gasteiger partial charge in [-0.3, -0.25) is 0 Å². The predicted molar refractivity (Wildman–Crippen MR) is 68.2 cm³/mol. The summed E-state index contributed by atoms with van der Waals surface area (Å²) in [7, 11) is 2.20. The van der Waals surface area contributed by atoms with E-state index in [4.69, 9.17) is 0 Å². The number of hydrogen-bond donors (Lipinski definition) is 0.